The van der Waals surface area contributed by atoms with Crippen LogP contribution in [0.2, 0.25) is 0 Å². The zero-order chi connectivity index (χ0) is 20.7. The molecule has 0 amide bonds. The minimum absolute atomic E-state index is 0.0867. The molecule has 7 heteroatoms. The van der Waals surface area contributed by atoms with E-state index in [1.165, 1.54) is 17.3 Å². The van der Waals surface area contributed by atoms with E-state index in [0.29, 0.717) is 29.3 Å². The third-order valence-corrected chi connectivity index (χ3v) is 6.94. The first-order chi connectivity index (χ1) is 14.6. The normalized spacial score (nSPS) is 17.1. The molecule has 1 atom stereocenters. The number of rotatable bonds is 4. The molecule has 152 valence electrons. The van der Waals surface area contributed by atoms with Gasteiger partial charge >= 0.3 is 0 Å². The first-order valence-corrected chi connectivity index (χ1v) is 11.1. The molecule has 1 saturated carbocycles. The van der Waals surface area contributed by atoms with Crippen LogP contribution in [0.4, 0.5) is 0 Å². The smallest absolute Gasteiger partial charge is 0.263 e. The summed E-state index contributed by atoms with van der Waals surface area (Å²) in [6.07, 6.45) is 3.52. The average molecular weight is 419 g/mol. The molecule has 1 aliphatic carbocycles. The molecular formula is C23H22N4O2S. The van der Waals surface area contributed by atoms with Crippen LogP contribution in [-0.4, -0.2) is 30.2 Å². The Morgan fingerprint density at radius 2 is 1.83 bits per heavy atom. The highest BCUT2D eigenvalue weighted by Gasteiger charge is 2.26. The number of thioether (sulfide) groups is 1. The van der Waals surface area contributed by atoms with Crippen molar-refractivity contribution in [2.75, 3.05) is 0 Å². The zero-order valence-electron chi connectivity index (χ0n) is 16.7. The molecule has 30 heavy (non-hydrogen) atoms. The Morgan fingerprint density at radius 3 is 2.63 bits per heavy atom. The summed E-state index contributed by atoms with van der Waals surface area (Å²) in [5, 5.41) is 9.96. The topological polar surface area (TPSA) is 69.3 Å². The van der Waals surface area contributed by atoms with Gasteiger partial charge < -0.3 is 0 Å². The summed E-state index contributed by atoms with van der Waals surface area (Å²) in [7, 11) is 0. The number of aryl methyl sites for hydroxylation is 1. The van der Waals surface area contributed by atoms with Gasteiger partial charge in [0.25, 0.3) is 5.56 Å². The van der Waals surface area contributed by atoms with Crippen LogP contribution in [0.15, 0.2) is 58.5 Å². The lowest BCUT2D eigenvalue weighted by Gasteiger charge is -2.19. The second-order valence-corrected chi connectivity index (χ2v) is 9.00. The molecular weight excluding hydrogens is 396 g/mol. The molecule has 5 rings (SSSR count). The van der Waals surface area contributed by atoms with E-state index in [9.17, 15) is 9.59 Å². The van der Waals surface area contributed by atoms with Crippen molar-refractivity contribution in [2.45, 2.75) is 49.6 Å². The van der Waals surface area contributed by atoms with Crippen LogP contribution in [0, 0.1) is 6.92 Å². The Bertz CT molecular complexity index is 1310. The van der Waals surface area contributed by atoms with Gasteiger partial charge in [-0.1, -0.05) is 60.1 Å². The Balaban J connectivity index is 1.67. The monoisotopic (exact) mass is 418 g/mol. The number of Topliss-reactive ketones (excluding diaryl/α,β-unsaturated/α-hetero) is 1. The van der Waals surface area contributed by atoms with Crippen molar-refractivity contribution >= 4 is 34.2 Å². The largest absolute Gasteiger partial charge is 0.298 e. The number of benzene rings is 2. The van der Waals surface area contributed by atoms with Crippen LogP contribution in [-0.2, 0) is 11.3 Å². The van der Waals surface area contributed by atoms with Crippen molar-refractivity contribution in [1.29, 1.82) is 0 Å². The lowest BCUT2D eigenvalue weighted by molar-refractivity contribution is -0.119. The second-order valence-electron chi connectivity index (χ2n) is 7.83. The fourth-order valence-corrected chi connectivity index (χ4v) is 5.19. The summed E-state index contributed by atoms with van der Waals surface area (Å²) in [5.41, 5.74) is 2.89. The number of aromatic nitrogens is 4. The zero-order valence-corrected chi connectivity index (χ0v) is 17.6. The number of nitrogens with zero attached hydrogens (tertiary/aromatic N) is 4. The maximum atomic E-state index is 13.3. The molecule has 2 aromatic heterocycles. The standard InChI is InChI=1S/C23H22N4O2S/c1-15-10-12-16(13-11-15)14-26-21(29)17-6-2-3-7-18(17)27-22(26)24-25-23(27)30-20-9-5-4-8-19(20)28/h2-3,6-7,10-13,20H,4-5,8-9,14H2,1H3. The fraction of sp³-hybridized carbons (Fsp3) is 0.304. The Kier molecular flexibility index (Phi) is 4.90. The van der Waals surface area contributed by atoms with Gasteiger partial charge in [-0.25, -0.2) is 0 Å². The molecule has 6 nitrogen and oxygen atoms in total. The highest BCUT2D eigenvalue weighted by Crippen LogP contribution is 2.32. The number of carbonyl (C=O) groups excluding carboxylic acids is 1. The summed E-state index contributed by atoms with van der Waals surface area (Å²) in [6, 6.07) is 15.7. The third-order valence-electron chi connectivity index (χ3n) is 5.69. The van der Waals surface area contributed by atoms with Crippen LogP contribution in [0.5, 0.6) is 0 Å². The van der Waals surface area contributed by atoms with Crippen molar-refractivity contribution in [3.63, 3.8) is 0 Å². The quantitative estimate of drug-likeness (QED) is 0.501. The van der Waals surface area contributed by atoms with Crippen LogP contribution in [0.3, 0.4) is 0 Å². The lowest BCUT2D eigenvalue weighted by atomic mass is 9.99. The molecule has 2 aromatic carbocycles. The minimum atomic E-state index is -0.0950. The van der Waals surface area contributed by atoms with Gasteiger partial charge in [0, 0.05) is 6.42 Å². The summed E-state index contributed by atoms with van der Waals surface area (Å²) in [6.45, 7) is 2.46. The van der Waals surface area contributed by atoms with E-state index in [1.807, 2.05) is 59.9 Å². The molecule has 0 saturated heterocycles. The van der Waals surface area contributed by atoms with Gasteiger partial charge in [0.05, 0.1) is 22.7 Å². The summed E-state index contributed by atoms with van der Waals surface area (Å²) < 4.78 is 3.60. The fourth-order valence-electron chi connectivity index (χ4n) is 4.03. The molecule has 1 unspecified atom stereocenters. The molecule has 0 bridgehead atoms. The Labute approximate surface area is 177 Å². The maximum Gasteiger partial charge on any atom is 0.263 e. The van der Waals surface area contributed by atoms with Gasteiger partial charge in [-0.05, 0) is 37.5 Å². The van der Waals surface area contributed by atoms with E-state index in [1.54, 1.807) is 4.57 Å². The van der Waals surface area contributed by atoms with Gasteiger partial charge in [0.15, 0.2) is 5.16 Å². The van der Waals surface area contributed by atoms with Gasteiger partial charge in [-0.2, -0.15) is 0 Å². The number of hydrogen-bond acceptors (Lipinski definition) is 5. The molecule has 0 radical (unpaired) electrons. The molecule has 1 aliphatic rings. The van der Waals surface area contributed by atoms with Crippen molar-refractivity contribution < 1.29 is 4.79 Å². The highest BCUT2D eigenvalue weighted by atomic mass is 32.2. The molecule has 4 aromatic rings. The predicted molar refractivity (Wildman–Crippen MR) is 118 cm³/mol. The predicted octanol–water partition coefficient (Wildman–Crippen LogP) is 4.00. The van der Waals surface area contributed by atoms with Gasteiger partial charge in [0.1, 0.15) is 5.78 Å². The molecule has 2 heterocycles. The number of hydrogen-bond donors (Lipinski definition) is 0. The number of para-hydroxylation sites is 1. The van der Waals surface area contributed by atoms with Crippen LogP contribution in [0.25, 0.3) is 16.7 Å². The molecule has 0 aliphatic heterocycles. The average Bonchev–Trinajstić information content (AvgIpc) is 3.18. The van der Waals surface area contributed by atoms with Crippen molar-refractivity contribution in [1.82, 2.24) is 19.2 Å². The molecule has 0 spiro atoms. The van der Waals surface area contributed by atoms with Crippen LogP contribution in [0.1, 0.15) is 36.8 Å². The highest BCUT2D eigenvalue weighted by molar-refractivity contribution is 8.00. The van der Waals surface area contributed by atoms with E-state index in [2.05, 4.69) is 10.2 Å². The molecule has 1 fully saturated rings. The SMILES string of the molecule is Cc1ccc(Cn2c(=O)c3ccccc3n3c(SC4CCCCC4=O)nnc23)cc1. The van der Waals surface area contributed by atoms with Crippen molar-refractivity contribution in [3.8, 4) is 0 Å². The summed E-state index contributed by atoms with van der Waals surface area (Å²) in [4.78, 5) is 25.7. The van der Waals surface area contributed by atoms with Gasteiger partial charge in [-0.3, -0.25) is 18.6 Å². The Morgan fingerprint density at radius 1 is 1.03 bits per heavy atom. The number of fused-ring (bicyclic) bond motifs is 3. The van der Waals surface area contributed by atoms with Crippen molar-refractivity contribution in [2.24, 2.45) is 0 Å². The number of carbonyl (C=O) groups is 1. The first-order valence-electron chi connectivity index (χ1n) is 10.2. The van der Waals surface area contributed by atoms with Crippen LogP contribution >= 0.6 is 11.8 Å². The van der Waals surface area contributed by atoms with E-state index in [-0.39, 0.29) is 16.6 Å². The van der Waals surface area contributed by atoms with Crippen molar-refractivity contribution in [3.05, 3.63) is 70.0 Å². The maximum absolute atomic E-state index is 13.3. The lowest BCUT2D eigenvalue weighted by Crippen LogP contribution is -2.24. The second kappa shape index (κ2) is 7.72. The third kappa shape index (κ3) is 3.33. The van der Waals surface area contributed by atoms with Gasteiger partial charge in [0.2, 0.25) is 5.78 Å². The first kappa shape index (κ1) is 19.1. The summed E-state index contributed by atoms with van der Waals surface area (Å²) in [5.74, 6) is 0.783. The molecule has 0 N–H and O–H groups in total. The Hall–Kier alpha value is -2.93. The van der Waals surface area contributed by atoms with E-state index in [4.69, 9.17) is 0 Å². The van der Waals surface area contributed by atoms with E-state index >= 15 is 0 Å². The van der Waals surface area contributed by atoms with Gasteiger partial charge in [-0.15, -0.1) is 10.2 Å². The number of ketones is 1. The van der Waals surface area contributed by atoms with Crippen LogP contribution < -0.4 is 5.56 Å². The van der Waals surface area contributed by atoms with E-state index in [0.717, 1.165) is 30.3 Å². The minimum Gasteiger partial charge on any atom is -0.298 e. The summed E-state index contributed by atoms with van der Waals surface area (Å²) >= 11 is 1.47. The van der Waals surface area contributed by atoms with E-state index < -0.39 is 0 Å².